The minimum atomic E-state index is -0.0509. The Morgan fingerprint density at radius 1 is 0.931 bits per heavy atom. The van der Waals surface area contributed by atoms with Crippen molar-refractivity contribution in [3.05, 3.63) is 83.9 Å². The van der Waals surface area contributed by atoms with Crippen LogP contribution in [-0.2, 0) is 4.79 Å². The summed E-state index contributed by atoms with van der Waals surface area (Å²) in [4.78, 5) is 22.0. The van der Waals surface area contributed by atoms with Crippen molar-refractivity contribution in [3.8, 4) is 11.4 Å². The largest absolute Gasteiger partial charge is 0.325 e. The number of amides is 1. The van der Waals surface area contributed by atoms with Crippen LogP contribution in [0.5, 0.6) is 0 Å². The van der Waals surface area contributed by atoms with E-state index in [-0.39, 0.29) is 11.7 Å². The number of carbonyl (C=O) groups excluding carboxylic acids is 1. The summed E-state index contributed by atoms with van der Waals surface area (Å²) >= 11 is 1.44. The van der Waals surface area contributed by atoms with Gasteiger partial charge in [-0.2, -0.15) is 0 Å². The molecule has 1 amide bonds. The molecule has 4 rings (SSSR count). The Kier molecular flexibility index (Phi) is 5.58. The average Bonchev–Trinajstić information content (AvgIpc) is 2.74. The highest BCUT2D eigenvalue weighted by molar-refractivity contribution is 8.00. The van der Waals surface area contributed by atoms with E-state index in [2.05, 4.69) is 11.4 Å². The molecule has 0 aliphatic heterocycles. The molecule has 0 aliphatic rings. The number of fused-ring (bicyclic) bond motifs is 1. The Morgan fingerprint density at radius 2 is 1.69 bits per heavy atom. The summed E-state index contributed by atoms with van der Waals surface area (Å²) in [6.07, 6.45) is 0. The second-order valence-corrected chi connectivity index (χ2v) is 7.85. The van der Waals surface area contributed by atoms with Gasteiger partial charge in [-0.15, -0.1) is 0 Å². The van der Waals surface area contributed by atoms with Gasteiger partial charge in [-0.05, 0) is 37.6 Å². The molecule has 4 aromatic rings. The molecule has 1 heterocycles. The van der Waals surface area contributed by atoms with Crippen LogP contribution in [0.3, 0.4) is 0 Å². The van der Waals surface area contributed by atoms with Gasteiger partial charge in [0.05, 0.1) is 11.3 Å². The van der Waals surface area contributed by atoms with Crippen molar-refractivity contribution >= 4 is 34.3 Å². The molecular formula is C24H21N3OS. The molecule has 5 heteroatoms. The lowest BCUT2D eigenvalue weighted by atomic mass is 10.1. The van der Waals surface area contributed by atoms with Gasteiger partial charge in [0, 0.05) is 16.6 Å². The fraction of sp³-hybridized carbons (Fsp3) is 0.125. The summed E-state index contributed by atoms with van der Waals surface area (Å²) in [5, 5.41) is 4.77. The van der Waals surface area contributed by atoms with Crippen molar-refractivity contribution in [1.29, 1.82) is 0 Å². The number of nitrogens with zero attached hydrogens (tertiary/aromatic N) is 2. The first kappa shape index (κ1) is 19.2. The second kappa shape index (κ2) is 8.45. The van der Waals surface area contributed by atoms with Crippen LogP contribution in [0.1, 0.15) is 11.1 Å². The maximum Gasteiger partial charge on any atom is 0.234 e. The third-order valence-electron chi connectivity index (χ3n) is 4.61. The predicted molar refractivity (Wildman–Crippen MR) is 120 cm³/mol. The fourth-order valence-corrected chi connectivity index (χ4v) is 3.88. The lowest BCUT2D eigenvalue weighted by Crippen LogP contribution is -2.15. The third-order valence-corrected chi connectivity index (χ3v) is 5.60. The summed E-state index contributed by atoms with van der Waals surface area (Å²) in [6.45, 7) is 4.03. The van der Waals surface area contributed by atoms with Gasteiger partial charge in [-0.3, -0.25) is 4.79 Å². The summed E-state index contributed by atoms with van der Waals surface area (Å²) in [7, 11) is 0. The van der Waals surface area contributed by atoms with Crippen LogP contribution in [-0.4, -0.2) is 21.6 Å². The number of anilines is 1. The van der Waals surface area contributed by atoms with Crippen LogP contribution < -0.4 is 5.32 Å². The molecule has 0 fully saturated rings. The van der Waals surface area contributed by atoms with E-state index in [1.807, 2.05) is 80.6 Å². The minimum absolute atomic E-state index is 0.0509. The molecule has 0 aliphatic carbocycles. The van der Waals surface area contributed by atoms with E-state index >= 15 is 0 Å². The molecule has 0 radical (unpaired) electrons. The van der Waals surface area contributed by atoms with Gasteiger partial charge >= 0.3 is 0 Å². The topological polar surface area (TPSA) is 54.9 Å². The Balaban J connectivity index is 1.62. The zero-order valence-corrected chi connectivity index (χ0v) is 17.2. The number of rotatable bonds is 5. The van der Waals surface area contributed by atoms with Crippen molar-refractivity contribution in [3.63, 3.8) is 0 Å². The van der Waals surface area contributed by atoms with Crippen molar-refractivity contribution < 1.29 is 4.79 Å². The molecule has 0 bridgehead atoms. The van der Waals surface area contributed by atoms with E-state index in [4.69, 9.17) is 9.97 Å². The van der Waals surface area contributed by atoms with Crippen LogP contribution in [0.4, 0.5) is 5.69 Å². The van der Waals surface area contributed by atoms with Gasteiger partial charge in [0.1, 0.15) is 5.03 Å². The molecule has 4 nitrogen and oxygen atoms in total. The highest BCUT2D eigenvalue weighted by atomic mass is 32.2. The average molecular weight is 400 g/mol. The smallest absolute Gasteiger partial charge is 0.234 e. The van der Waals surface area contributed by atoms with E-state index < -0.39 is 0 Å². The van der Waals surface area contributed by atoms with Crippen molar-refractivity contribution in [2.75, 3.05) is 11.1 Å². The molecule has 0 atom stereocenters. The standard InChI is InChI=1S/C24H21N3OS/c1-16-12-13-21-19(14-16)24(27-23(26-21)18-9-4-3-5-10-18)29-15-22(28)25-20-11-7-6-8-17(20)2/h3-14H,15H2,1-2H3,(H,25,28). The Morgan fingerprint density at radius 3 is 2.48 bits per heavy atom. The number of nitrogens with one attached hydrogen (secondary N) is 1. The van der Waals surface area contributed by atoms with Crippen molar-refractivity contribution in [2.24, 2.45) is 0 Å². The SMILES string of the molecule is Cc1ccc2nc(-c3ccccc3)nc(SCC(=O)Nc3ccccc3C)c2c1. The normalized spacial score (nSPS) is 10.8. The Hall–Kier alpha value is -3.18. The van der Waals surface area contributed by atoms with Gasteiger partial charge in [0.25, 0.3) is 0 Å². The summed E-state index contributed by atoms with van der Waals surface area (Å²) in [5.41, 5.74) is 4.86. The van der Waals surface area contributed by atoms with Crippen molar-refractivity contribution in [2.45, 2.75) is 18.9 Å². The molecule has 0 saturated heterocycles. The first-order chi connectivity index (χ1) is 14.1. The van der Waals surface area contributed by atoms with Gasteiger partial charge in [-0.1, -0.05) is 71.9 Å². The molecule has 1 aromatic heterocycles. The number of carbonyl (C=O) groups is 1. The van der Waals surface area contributed by atoms with Crippen LogP contribution >= 0.6 is 11.8 Å². The lowest BCUT2D eigenvalue weighted by Gasteiger charge is -2.10. The second-order valence-electron chi connectivity index (χ2n) is 6.89. The monoisotopic (exact) mass is 399 g/mol. The van der Waals surface area contributed by atoms with Gasteiger partial charge in [0.2, 0.25) is 5.91 Å². The number of benzene rings is 3. The van der Waals surface area contributed by atoms with Gasteiger partial charge < -0.3 is 5.32 Å². The molecule has 0 unspecified atom stereocenters. The number of aryl methyl sites for hydroxylation is 2. The number of para-hydroxylation sites is 1. The van der Waals surface area contributed by atoms with E-state index in [1.165, 1.54) is 11.8 Å². The van der Waals surface area contributed by atoms with Crippen LogP contribution in [0.2, 0.25) is 0 Å². The first-order valence-electron chi connectivity index (χ1n) is 9.42. The summed E-state index contributed by atoms with van der Waals surface area (Å²) in [6, 6.07) is 23.8. The Labute approximate surface area is 174 Å². The summed E-state index contributed by atoms with van der Waals surface area (Å²) in [5.74, 6) is 0.900. The quantitative estimate of drug-likeness (QED) is 0.348. The van der Waals surface area contributed by atoms with E-state index in [0.29, 0.717) is 5.82 Å². The van der Waals surface area contributed by atoms with Gasteiger partial charge in [0.15, 0.2) is 5.82 Å². The van der Waals surface area contributed by atoms with Crippen LogP contribution in [0.25, 0.3) is 22.3 Å². The molecule has 144 valence electrons. The van der Waals surface area contributed by atoms with E-state index in [9.17, 15) is 4.79 Å². The molecule has 0 saturated carbocycles. The van der Waals surface area contributed by atoms with Crippen LogP contribution in [0.15, 0.2) is 77.8 Å². The zero-order chi connectivity index (χ0) is 20.2. The maximum absolute atomic E-state index is 12.5. The minimum Gasteiger partial charge on any atom is -0.325 e. The zero-order valence-electron chi connectivity index (χ0n) is 16.3. The van der Waals surface area contributed by atoms with E-state index in [1.54, 1.807) is 0 Å². The van der Waals surface area contributed by atoms with Crippen LogP contribution in [0, 0.1) is 13.8 Å². The maximum atomic E-state index is 12.5. The third kappa shape index (κ3) is 4.46. The molecular weight excluding hydrogens is 378 g/mol. The molecule has 0 spiro atoms. The highest BCUT2D eigenvalue weighted by Gasteiger charge is 2.13. The molecule has 3 aromatic carbocycles. The molecule has 1 N–H and O–H groups in total. The van der Waals surface area contributed by atoms with Gasteiger partial charge in [-0.25, -0.2) is 9.97 Å². The van der Waals surface area contributed by atoms with E-state index in [0.717, 1.165) is 38.3 Å². The lowest BCUT2D eigenvalue weighted by molar-refractivity contribution is -0.113. The predicted octanol–water partition coefficient (Wildman–Crippen LogP) is 5.64. The Bertz CT molecular complexity index is 1180. The number of thioether (sulfide) groups is 1. The number of hydrogen-bond acceptors (Lipinski definition) is 4. The van der Waals surface area contributed by atoms with Crippen molar-refractivity contribution in [1.82, 2.24) is 9.97 Å². The highest BCUT2D eigenvalue weighted by Crippen LogP contribution is 2.29. The summed E-state index contributed by atoms with van der Waals surface area (Å²) < 4.78 is 0. The number of aromatic nitrogens is 2. The first-order valence-corrected chi connectivity index (χ1v) is 10.4. The number of hydrogen-bond donors (Lipinski definition) is 1. The fourth-order valence-electron chi connectivity index (χ4n) is 3.07. The molecule has 29 heavy (non-hydrogen) atoms.